The second kappa shape index (κ2) is 4.69. The Morgan fingerprint density at radius 3 is 2.88 bits per heavy atom. The Morgan fingerprint density at radius 2 is 2.25 bits per heavy atom. The Bertz CT molecular complexity index is 270. The fraction of sp³-hybridized carbons (Fsp3) is 0.909. The summed E-state index contributed by atoms with van der Waals surface area (Å²) in [5.41, 5.74) is 0. The molecule has 2 heterocycles. The van der Waals surface area contributed by atoms with Gasteiger partial charge >= 0.3 is 0 Å². The molecule has 0 aromatic heterocycles. The summed E-state index contributed by atoms with van der Waals surface area (Å²) >= 11 is 0. The number of rotatable bonds is 3. The van der Waals surface area contributed by atoms with E-state index < -0.39 is 0 Å². The minimum absolute atomic E-state index is 0.0338. The second-order valence-corrected chi connectivity index (χ2v) is 4.82. The number of aliphatic hydroxyl groups is 2. The highest BCUT2D eigenvalue weighted by Crippen LogP contribution is 2.36. The van der Waals surface area contributed by atoms with E-state index in [0.29, 0.717) is 12.6 Å². The van der Waals surface area contributed by atoms with Crippen molar-refractivity contribution in [1.82, 2.24) is 10.2 Å². The zero-order valence-corrected chi connectivity index (χ0v) is 9.59. The van der Waals surface area contributed by atoms with Crippen LogP contribution < -0.4 is 5.32 Å². The number of carbonyl (C=O) groups is 1. The molecule has 1 amide bonds. The van der Waals surface area contributed by atoms with Gasteiger partial charge < -0.3 is 15.5 Å². The van der Waals surface area contributed by atoms with Gasteiger partial charge in [0.05, 0.1) is 18.8 Å². The molecule has 0 bridgehead atoms. The van der Waals surface area contributed by atoms with E-state index in [4.69, 9.17) is 0 Å². The maximum absolute atomic E-state index is 10.9. The molecule has 5 heteroatoms. The normalized spacial score (nSPS) is 38.7. The molecule has 3 N–H and O–H groups in total. The van der Waals surface area contributed by atoms with Crippen molar-refractivity contribution in [2.75, 3.05) is 13.2 Å². The molecule has 0 spiro atoms. The first-order valence-electron chi connectivity index (χ1n) is 5.94. The van der Waals surface area contributed by atoms with E-state index >= 15 is 0 Å². The summed E-state index contributed by atoms with van der Waals surface area (Å²) in [6.07, 6.45) is 2.41. The number of fused-ring (bicyclic) bond motifs is 1. The lowest BCUT2D eigenvalue weighted by atomic mass is 10.1. The second-order valence-electron chi connectivity index (χ2n) is 4.82. The Morgan fingerprint density at radius 1 is 1.50 bits per heavy atom. The zero-order valence-electron chi connectivity index (χ0n) is 9.59. The van der Waals surface area contributed by atoms with Crippen molar-refractivity contribution >= 4 is 5.91 Å². The summed E-state index contributed by atoms with van der Waals surface area (Å²) in [5, 5.41) is 22.0. The van der Waals surface area contributed by atoms with Crippen LogP contribution in [0.15, 0.2) is 0 Å². The van der Waals surface area contributed by atoms with Gasteiger partial charge in [0, 0.05) is 25.6 Å². The molecule has 0 aromatic carbocycles. The third-order valence-electron chi connectivity index (χ3n) is 3.79. The third-order valence-corrected chi connectivity index (χ3v) is 3.79. The van der Waals surface area contributed by atoms with Crippen LogP contribution in [0.1, 0.15) is 26.2 Å². The predicted octanol–water partition coefficient (Wildman–Crippen LogP) is -0.919. The van der Waals surface area contributed by atoms with Gasteiger partial charge in [0.1, 0.15) is 0 Å². The standard InChI is InChI=1S/C11H20N2O3/c1-7(15)12-5-10-11(16)4-8-2-3-9(6-14)13(8)10/h8-11,14,16H,2-6H2,1H3,(H,12,15)/t8?,9?,10?,11-/m1/s1. The van der Waals surface area contributed by atoms with E-state index in [1.807, 2.05) is 0 Å². The van der Waals surface area contributed by atoms with Crippen molar-refractivity contribution in [3.8, 4) is 0 Å². The van der Waals surface area contributed by atoms with Crippen LogP contribution in [0.2, 0.25) is 0 Å². The highest BCUT2D eigenvalue weighted by Gasteiger charge is 2.46. The number of carbonyl (C=O) groups excluding carboxylic acids is 1. The summed E-state index contributed by atoms with van der Waals surface area (Å²) in [4.78, 5) is 13.1. The van der Waals surface area contributed by atoms with Crippen LogP contribution in [0.4, 0.5) is 0 Å². The van der Waals surface area contributed by atoms with E-state index in [1.165, 1.54) is 6.92 Å². The molecule has 16 heavy (non-hydrogen) atoms. The van der Waals surface area contributed by atoms with Crippen LogP contribution in [-0.4, -0.2) is 58.4 Å². The van der Waals surface area contributed by atoms with Gasteiger partial charge in [0.25, 0.3) is 0 Å². The van der Waals surface area contributed by atoms with Crippen LogP contribution in [0, 0.1) is 0 Å². The molecule has 0 aromatic rings. The van der Waals surface area contributed by atoms with Crippen LogP contribution >= 0.6 is 0 Å². The van der Waals surface area contributed by atoms with Gasteiger partial charge in [-0.25, -0.2) is 0 Å². The first kappa shape index (κ1) is 11.8. The van der Waals surface area contributed by atoms with Gasteiger partial charge in [-0.05, 0) is 19.3 Å². The lowest BCUT2D eigenvalue weighted by Crippen LogP contribution is -2.48. The van der Waals surface area contributed by atoms with E-state index in [2.05, 4.69) is 10.2 Å². The van der Waals surface area contributed by atoms with E-state index in [-0.39, 0.29) is 30.7 Å². The van der Waals surface area contributed by atoms with Gasteiger partial charge in [-0.3, -0.25) is 9.69 Å². The summed E-state index contributed by atoms with van der Waals surface area (Å²) in [6, 6.07) is 0.500. The summed E-state index contributed by atoms with van der Waals surface area (Å²) in [6.45, 7) is 2.09. The molecule has 0 aliphatic carbocycles. The van der Waals surface area contributed by atoms with Crippen LogP contribution in [0.3, 0.4) is 0 Å². The number of nitrogens with zero attached hydrogens (tertiary/aromatic N) is 1. The van der Waals surface area contributed by atoms with E-state index in [1.54, 1.807) is 0 Å². The molecule has 2 aliphatic rings. The predicted molar refractivity (Wildman–Crippen MR) is 58.8 cm³/mol. The average Bonchev–Trinajstić information content (AvgIpc) is 2.73. The fourth-order valence-corrected chi connectivity index (χ4v) is 3.07. The average molecular weight is 228 g/mol. The summed E-state index contributed by atoms with van der Waals surface area (Å²) < 4.78 is 0. The van der Waals surface area contributed by atoms with Crippen molar-refractivity contribution in [3.05, 3.63) is 0 Å². The molecule has 5 nitrogen and oxygen atoms in total. The molecular weight excluding hydrogens is 208 g/mol. The molecule has 4 atom stereocenters. The molecule has 2 aliphatic heterocycles. The van der Waals surface area contributed by atoms with Crippen LogP contribution in [0.5, 0.6) is 0 Å². The maximum Gasteiger partial charge on any atom is 0.216 e. The molecule has 92 valence electrons. The van der Waals surface area contributed by atoms with Crippen molar-refractivity contribution in [3.63, 3.8) is 0 Å². The fourth-order valence-electron chi connectivity index (χ4n) is 3.07. The number of nitrogens with one attached hydrogen (secondary N) is 1. The van der Waals surface area contributed by atoms with Crippen molar-refractivity contribution in [1.29, 1.82) is 0 Å². The van der Waals surface area contributed by atoms with Gasteiger partial charge in [-0.15, -0.1) is 0 Å². The van der Waals surface area contributed by atoms with Crippen LogP contribution in [-0.2, 0) is 4.79 Å². The smallest absolute Gasteiger partial charge is 0.216 e. The Kier molecular flexibility index (Phi) is 3.47. The quantitative estimate of drug-likeness (QED) is 0.584. The van der Waals surface area contributed by atoms with Gasteiger partial charge in [0.2, 0.25) is 5.91 Å². The molecule has 0 radical (unpaired) electrons. The molecule has 2 rings (SSSR count). The highest BCUT2D eigenvalue weighted by molar-refractivity contribution is 5.72. The van der Waals surface area contributed by atoms with Gasteiger partial charge in [0.15, 0.2) is 0 Å². The topological polar surface area (TPSA) is 72.8 Å². The minimum Gasteiger partial charge on any atom is -0.395 e. The highest BCUT2D eigenvalue weighted by atomic mass is 16.3. The first-order chi connectivity index (χ1) is 7.63. The van der Waals surface area contributed by atoms with E-state index in [9.17, 15) is 15.0 Å². The van der Waals surface area contributed by atoms with Gasteiger partial charge in [-0.1, -0.05) is 0 Å². The molecule has 3 unspecified atom stereocenters. The lowest BCUT2D eigenvalue weighted by Gasteiger charge is -2.30. The number of hydrogen-bond acceptors (Lipinski definition) is 4. The van der Waals surface area contributed by atoms with E-state index in [0.717, 1.165) is 19.3 Å². The van der Waals surface area contributed by atoms with Crippen molar-refractivity contribution < 1.29 is 15.0 Å². The third kappa shape index (κ3) is 2.07. The largest absolute Gasteiger partial charge is 0.395 e. The number of hydrogen-bond donors (Lipinski definition) is 3. The lowest BCUT2D eigenvalue weighted by molar-refractivity contribution is -0.119. The zero-order chi connectivity index (χ0) is 11.7. The summed E-state index contributed by atoms with van der Waals surface area (Å²) in [5.74, 6) is -0.0737. The minimum atomic E-state index is -0.383. The Hall–Kier alpha value is -0.650. The maximum atomic E-state index is 10.9. The Labute approximate surface area is 95.4 Å². The van der Waals surface area contributed by atoms with Crippen molar-refractivity contribution in [2.24, 2.45) is 0 Å². The monoisotopic (exact) mass is 228 g/mol. The molecule has 2 saturated heterocycles. The summed E-state index contributed by atoms with van der Waals surface area (Å²) in [7, 11) is 0. The van der Waals surface area contributed by atoms with Gasteiger partial charge in [-0.2, -0.15) is 0 Å². The molecular formula is C11H20N2O3. The number of aliphatic hydroxyl groups excluding tert-OH is 2. The molecule has 0 saturated carbocycles. The molecule has 2 fully saturated rings. The van der Waals surface area contributed by atoms with Crippen molar-refractivity contribution in [2.45, 2.75) is 50.4 Å². The van der Waals surface area contributed by atoms with Crippen LogP contribution in [0.25, 0.3) is 0 Å². The Balaban J connectivity index is 2.01. The number of amides is 1. The SMILES string of the molecule is CC(=O)NCC1[C@H](O)CC2CCC(CO)N21. The first-order valence-corrected chi connectivity index (χ1v) is 5.94.